The molecule has 0 aromatic carbocycles. The predicted molar refractivity (Wildman–Crippen MR) is 49.9 cm³/mol. The summed E-state index contributed by atoms with van der Waals surface area (Å²) in [5, 5.41) is 19.8. The third-order valence-corrected chi connectivity index (χ3v) is 1.87. The van der Waals surface area contributed by atoms with Gasteiger partial charge in [-0.25, -0.2) is 0 Å². The van der Waals surface area contributed by atoms with E-state index in [0.29, 0.717) is 6.61 Å². The van der Waals surface area contributed by atoms with Crippen molar-refractivity contribution in [2.75, 3.05) is 19.9 Å². The first-order valence-electron chi connectivity index (χ1n) is 4.84. The highest BCUT2D eigenvalue weighted by Crippen LogP contribution is 2.03. The van der Waals surface area contributed by atoms with Gasteiger partial charge in [0.05, 0.1) is 6.73 Å². The Morgan fingerprint density at radius 3 is 1.92 bits per heavy atom. The topological polar surface area (TPSA) is 52.5 Å². The van der Waals surface area contributed by atoms with Crippen LogP contribution < -0.4 is 5.32 Å². The molecule has 0 rings (SSSR count). The summed E-state index contributed by atoms with van der Waals surface area (Å²) in [6.45, 7) is 1.33. The highest BCUT2D eigenvalue weighted by molar-refractivity contribution is 4.46. The Bertz CT molecular complexity index is 68.9. The van der Waals surface area contributed by atoms with E-state index >= 15 is 0 Å². The molecule has 74 valence electrons. The van der Waals surface area contributed by atoms with Crippen molar-refractivity contribution in [2.45, 2.75) is 38.5 Å². The monoisotopic (exact) mass is 175 g/mol. The van der Waals surface area contributed by atoms with Crippen LogP contribution in [0.5, 0.6) is 0 Å². The molecule has 0 spiro atoms. The zero-order valence-electron chi connectivity index (χ0n) is 7.76. The molecular weight excluding hydrogens is 154 g/mol. The Balaban J connectivity index is 2.73. The fraction of sp³-hybridized carbons (Fsp3) is 1.00. The first-order chi connectivity index (χ1) is 5.91. The van der Waals surface area contributed by atoms with Crippen molar-refractivity contribution in [1.29, 1.82) is 0 Å². The number of rotatable bonds is 9. The molecular formula is C9H21NO2. The van der Waals surface area contributed by atoms with Crippen molar-refractivity contribution in [3.63, 3.8) is 0 Å². The van der Waals surface area contributed by atoms with Gasteiger partial charge in [0, 0.05) is 6.61 Å². The summed E-state index contributed by atoms with van der Waals surface area (Å²) in [5.41, 5.74) is 0. The molecule has 0 heterocycles. The van der Waals surface area contributed by atoms with Gasteiger partial charge in [0.15, 0.2) is 0 Å². The second kappa shape index (κ2) is 10.9. The van der Waals surface area contributed by atoms with Gasteiger partial charge in [-0.15, -0.1) is 0 Å². The van der Waals surface area contributed by atoms with Crippen LogP contribution >= 0.6 is 0 Å². The lowest BCUT2D eigenvalue weighted by Crippen LogP contribution is -2.15. The molecule has 12 heavy (non-hydrogen) atoms. The molecule has 0 fully saturated rings. The van der Waals surface area contributed by atoms with Crippen molar-refractivity contribution in [3.05, 3.63) is 0 Å². The van der Waals surface area contributed by atoms with E-state index < -0.39 is 0 Å². The lowest BCUT2D eigenvalue weighted by molar-refractivity contribution is 0.259. The molecule has 0 unspecified atom stereocenters. The molecule has 0 aliphatic rings. The molecule has 0 aromatic heterocycles. The SMILES string of the molecule is OCCCCCCCCNCO. The van der Waals surface area contributed by atoms with Gasteiger partial charge in [0.25, 0.3) is 0 Å². The van der Waals surface area contributed by atoms with E-state index in [2.05, 4.69) is 5.32 Å². The number of aliphatic hydroxyl groups is 2. The number of unbranched alkanes of at least 4 members (excludes halogenated alkanes) is 5. The molecule has 3 heteroatoms. The summed E-state index contributed by atoms with van der Waals surface area (Å²) in [6.07, 6.45) is 6.91. The van der Waals surface area contributed by atoms with Crippen molar-refractivity contribution in [2.24, 2.45) is 0 Å². The first-order valence-corrected chi connectivity index (χ1v) is 4.84. The molecule has 0 radical (unpaired) electrons. The van der Waals surface area contributed by atoms with Crippen molar-refractivity contribution in [3.8, 4) is 0 Å². The second-order valence-electron chi connectivity index (χ2n) is 3.00. The van der Waals surface area contributed by atoms with Crippen LogP contribution in [0.1, 0.15) is 38.5 Å². The van der Waals surface area contributed by atoms with Gasteiger partial charge >= 0.3 is 0 Å². The maximum atomic E-state index is 8.50. The summed E-state index contributed by atoms with van der Waals surface area (Å²) < 4.78 is 0. The van der Waals surface area contributed by atoms with Gasteiger partial charge in [-0.05, 0) is 19.4 Å². The van der Waals surface area contributed by atoms with Gasteiger partial charge < -0.3 is 10.2 Å². The van der Waals surface area contributed by atoms with E-state index in [1.54, 1.807) is 0 Å². The van der Waals surface area contributed by atoms with Crippen molar-refractivity contribution in [1.82, 2.24) is 5.32 Å². The molecule has 3 N–H and O–H groups in total. The normalized spacial score (nSPS) is 10.5. The van der Waals surface area contributed by atoms with Gasteiger partial charge in [-0.3, -0.25) is 5.32 Å². The Kier molecular flexibility index (Phi) is 10.8. The minimum atomic E-state index is 0.0878. The fourth-order valence-corrected chi connectivity index (χ4v) is 1.15. The van der Waals surface area contributed by atoms with Gasteiger partial charge in [0.1, 0.15) is 0 Å². The van der Waals surface area contributed by atoms with Crippen LogP contribution in [0.25, 0.3) is 0 Å². The number of aliphatic hydroxyl groups excluding tert-OH is 2. The summed E-state index contributed by atoms with van der Waals surface area (Å²) in [7, 11) is 0. The quantitative estimate of drug-likeness (QED) is 0.360. The predicted octanol–water partition coefficient (Wildman–Crippen LogP) is 0.859. The third kappa shape index (κ3) is 9.88. The van der Waals surface area contributed by atoms with Crippen molar-refractivity contribution < 1.29 is 10.2 Å². The summed E-state index contributed by atoms with van der Waals surface area (Å²) >= 11 is 0. The molecule has 0 aliphatic carbocycles. The fourth-order valence-electron chi connectivity index (χ4n) is 1.15. The maximum absolute atomic E-state index is 8.50. The Hall–Kier alpha value is -0.120. The highest BCUT2D eigenvalue weighted by atomic mass is 16.3. The molecule has 3 nitrogen and oxygen atoms in total. The minimum Gasteiger partial charge on any atom is -0.396 e. The molecule has 0 amide bonds. The van der Waals surface area contributed by atoms with Gasteiger partial charge in [-0.2, -0.15) is 0 Å². The number of nitrogens with one attached hydrogen (secondary N) is 1. The second-order valence-corrected chi connectivity index (χ2v) is 3.00. The Morgan fingerprint density at radius 2 is 1.33 bits per heavy atom. The lowest BCUT2D eigenvalue weighted by Gasteiger charge is -2.01. The third-order valence-electron chi connectivity index (χ3n) is 1.87. The molecule has 0 aliphatic heterocycles. The summed E-state index contributed by atoms with van der Waals surface area (Å²) in [5.74, 6) is 0. The highest BCUT2D eigenvalue weighted by Gasteiger charge is 1.89. The molecule has 0 saturated heterocycles. The van der Waals surface area contributed by atoms with Crippen LogP contribution in [-0.4, -0.2) is 30.1 Å². The first kappa shape index (κ1) is 11.9. The average Bonchev–Trinajstić information content (AvgIpc) is 2.10. The largest absolute Gasteiger partial charge is 0.396 e. The number of hydrogen-bond acceptors (Lipinski definition) is 3. The Labute approximate surface area is 74.8 Å². The number of hydrogen-bond donors (Lipinski definition) is 3. The standard InChI is InChI=1S/C9H21NO2/c11-8-6-4-2-1-3-5-7-10-9-12/h10-12H,1-9H2. The molecule has 0 bridgehead atoms. The average molecular weight is 175 g/mol. The van der Waals surface area contributed by atoms with E-state index in [-0.39, 0.29) is 6.73 Å². The van der Waals surface area contributed by atoms with E-state index in [4.69, 9.17) is 10.2 Å². The van der Waals surface area contributed by atoms with Gasteiger partial charge in [-0.1, -0.05) is 25.7 Å². The van der Waals surface area contributed by atoms with Crippen LogP contribution in [0.2, 0.25) is 0 Å². The van der Waals surface area contributed by atoms with E-state index in [9.17, 15) is 0 Å². The molecule has 0 aromatic rings. The van der Waals surface area contributed by atoms with Gasteiger partial charge in [0.2, 0.25) is 0 Å². The van der Waals surface area contributed by atoms with Crippen LogP contribution in [0.15, 0.2) is 0 Å². The lowest BCUT2D eigenvalue weighted by atomic mass is 10.1. The Morgan fingerprint density at radius 1 is 0.750 bits per heavy atom. The van der Waals surface area contributed by atoms with E-state index in [1.807, 2.05) is 0 Å². The van der Waals surface area contributed by atoms with E-state index in [0.717, 1.165) is 25.8 Å². The van der Waals surface area contributed by atoms with E-state index in [1.165, 1.54) is 19.3 Å². The summed E-state index contributed by atoms with van der Waals surface area (Å²) in [6, 6.07) is 0. The van der Waals surface area contributed by atoms with Crippen LogP contribution in [-0.2, 0) is 0 Å². The smallest absolute Gasteiger partial charge is 0.0931 e. The van der Waals surface area contributed by atoms with Crippen LogP contribution in [0, 0.1) is 0 Å². The van der Waals surface area contributed by atoms with Crippen LogP contribution in [0.4, 0.5) is 0 Å². The summed E-state index contributed by atoms with van der Waals surface area (Å²) in [4.78, 5) is 0. The zero-order valence-corrected chi connectivity index (χ0v) is 7.76. The minimum absolute atomic E-state index is 0.0878. The van der Waals surface area contributed by atoms with Crippen molar-refractivity contribution >= 4 is 0 Å². The maximum Gasteiger partial charge on any atom is 0.0931 e. The zero-order chi connectivity index (χ0) is 9.07. The molecule has 0 atom stereocenters. The molecule has 0 saturated carbocycles. The van der Waals surface area contributed by atoms with Crippen LogP contribution in [0.3, 0.4) is 0 Å².